The Kier molecular flexibility index (Phi) is 6.30. The van der Waals surface area contributed by atoms with E-state index in [9.17, 15) is 31.5 Å². The van der Waals surface area contributed by atoms with Gasteiger partial charge in [-0.1, -0.05) is 19.3 Å². The van der Waals surface area contributed by atoms with Crippen LogP contribution in [0.25, 0.3) is 5.69 Å². The number of sulfone groups is 1. The summed E-state index contributed by atoms with van der Waals surface area (Å²) in [5.74, 6) is -1.74. The van der Waals surface area contributed by atoms with Crippen molar-refractivity contribution in [1.82, 2.24) is 14.8 Å². The second-order valence-electron chi connectivity index (χ2n) is 7.77. The Labute approximate surface area is 177 Å². The number of hydrogen-bond donors (Lipinski definition) is 1. The summed E-state index contributed by atoms with van der Waals surface area (Å²) in [6.45, 7) is 0.373. The summed E-state index contributed by atoms with van der Waals surface area (Å²) < 4.78 is 65.0. The van der Waals surface area contributed by atoms with Crippen molar-refractivity contribution in [2.45, 2.75) is 43.3 Å². The van der Waals surface area contributed by atoms with Gasteiger partial charge in [-0.2, -0.15) is 18.3 Å². The first kappa shape index (κ1) is 23.0. The third-order valence-electron chi connectivity index (χ3n) is 5.31. The number of nitrogens with zero attached hydrogens (tertiary/aromatic N) is 4. The number of hydrogen-bond acceptors (Lipinski definition) is 6. The summed E-state index contributed by atoms with van der Waals surface area (Å²) >= 11 is 0. The maximum atomic E-state index is 13.6. The highest BCUT2D eigenvalue weighted by Crippen LogP contribution is 2.38. The summed E-state index contributed by atoms with van der Waals surface area (Å²) in [4.78, 5) is 17.1. The van der Waals surface area contributed by atoms with E-state index in [4.69, 9.17) is 0 Å². The Hall–Kier alpha value is -2.63. The molecule has 0 spiro atoms. The summed E-state index contributed by atoms with van der Waals surface area (Å²) in [6.07, 6.45) is 2.01. The van der Waals surface area contributed by atoms with Gasteiger partial charge in [0, 0.05) is 19.8 Å². The topological polar surface area (TPSA) is 105 Å². The number of carbonyl (C=O) groups is 1. The van der Waals surface area contributed by atoms with Gasteiger partial charge in [-0.25, -0.2) is 22.9 Å². The zero-order valence-corrected chi connectivity index (χ0v) is 17.9. The van der Waals surface area contributed by atoms with Gasteiger partial charge in [0.2, 0.25) is 0 Å². The van der Waals surface area contributed by atoms with E-state index < -0.39 is 33.2 Å². The fourth-order valence-electron chi connectivity index (χ4n) is 3.90. The van der Waals surface area contributed by atoms with Crippen LogP contribution in [-0.2, 0) is 16.0 Å². The molecule has 8 nitrogen and oxygen atoms in total. The highest BCUT2D eigenvalue weighted by molar-refractivity contribution is 7.90. The van der Waals surface area contributed by atoms with Gasteiger partial charge in [0.1, 0.15) is 11.4 Å². The fraction of sp³-hybridized carbons (Fsp3) is 0.526. The van der Waals surface area contributed by atoms with Crippen LogP contribution in [-0.4, -0.2) is 54.1 Å². The van der Waals surface area contributed by atoms with E-state index >= 15 is 0 Å². The Bertz CT molecular complexity index is 1060. The maximum Gasteiger partial charge on any atom is 0.436 e. The second kappa shape index (κ2) is 8.48. The van der Waals surface area contributed by atoms with Crippen LogP contribution in [0.4, 0.5) is 19.0 Å². The van der Waals surface area contributed by atoms with E-state index in [-0.39, 0.29) is 22.4 Å². The highest BCUT2D eigenvalue weighted by atomic mass is 32.2. The first-order valence-corrected chi connectivity index (χ1v) is 11.6. The number of rotatable bonds is 6. The lowest BCUT2D eigenvalue weighted by molar-refractivity contribution is -0.141. The molecule has 2 heterocycles. The van der Waals surface area contributed by atoms with Crippen LogP contribution in [0.2, 0.25) is 0 Å². The molecule has 0 saturated heterocycles. The van der Waals surface area contributed by atoms with E-state index in [1.807, 2.05) is 0 Å². The van der Waals surface area contributed by atoms with Gasteiger partial charge >= 0.3 is 12.1 Å². The van der Waals surface area contributed by atoms with Gasteiger partial charge in [-0.15, -0.1) is 0 Å². The lowest BCUT2D eigenvalue weighted by atomic mass is 9.89. The lowest BCUT2D eigenvalue weighted by Gasteiger charge is -2.29. The van der Waals surface area contributed by atoms with Crippen molar-refractivity contribution >= 4 is 21.6 Å². The van der Waals surface area contributed by atoms with Crippen molar-refractivity contribution in [1.29, 1.82) is 0 Å². The van der Waals surface area contributed by atoms with Crippen molar-refractivity contribution in [3.8, 4) is 5.69 Å². The molecule has 0 unspecified atom stereocenters. The van der Waals surface area contributed by atoms with Gasteiger partial charge < -0.3 is 10.0 Å². The fourth-order valence-corrected chi connectivity index (χ4v) is 4.46. The molecule has 1 N–H and O–H groups in total. The van der Waals surface area contributed by atoms with Gasteiger partial charge in [0.25, 0.3) is 0 Å². The smallest absolute Gasteiger partial charge is 0.436 e. The maximum absolute atomic E-state index is 13.6. The summed E-state index contributed by atoms with van der Waals surface area (Å²) in [5, 5.41) is 12.9. The number of carboxylic acids is 1. The summed E-state index contributed by atoms with van der Waals surface area (Å²) in [6, 6.07) is 2.39. The minimum Gasteiger partial charge on any atom is -0.477 e. The molecule has 0 amide bonds. The largest absolute Gasteiger partial charge is 0.477 e. The van der Waals surface area contributed by atoms with Crippen LogP contribution < -0.4 is 4.90 Å². The number of pyridine rings is 1. The minimum atomic E-state index is -4.99. The average molecular weight is 460 g/mol. The number of anilines is 1. The van der Waals surface area contributed by atoms with Crippen LogP contribution in [0.15, 0.2) is 23.4 Å². The Morgan fingerprint density at radius 3 is 2.39 bits per heavy atom. The van der Waals surface area contributed by atoms with E-state index in [2.05, 4.69) is 10.1 Å². The molecule has 2 aromatic rings. The molecule has 0 radical (unpaired) electrons. The van der Waals surface area contributed by atoms with Crippen LogP contribution in [0.3, 0.4) is 0 Å². The molecular weight excluding hydrogens is 437 g/mol. The monoisotopic (exact) mass is 460 g/mol. The molecule has 1 aliphatic rings. The average Bonchev–Trinajstić information content (AvgIpc) is 3.10. The summed E-state index contributed by atoms with van der Waals surface area (Å²) in [7, 11) is -2.08. The van der Waals surface area contributed by atoms with E-state index in [1.165, 1.54) is 18.0 Å². The first-order chi connectivity index (χ1) is 14.4. The third-order valence-corrected chi connectivity index (χ3v) is 6.31. The van der Waals surface area contributed by atoms with Crippen LogP contribution >= 0.6 is 0 Å². The molecule has 3 rings (SSSR count). The SMILES string of the molecule is CN(CC1CCCCC1)c1c(C(=O)O)c(C(F)(F)F)nn1-c1ccc(S(C)(=O)=O)nc1. The molecule has 31 heavy (non-hydrogen) atoms. The van der Waals surface area contributed by atoms with Crippen molar-refractivity contribution < 1.29 is 31.5 Å². The number of halogens is 3. The third kappa shape index (κ3) is 5.00. The van der Waals surface area contributed by atoms with E-state index in [0.29, 0.717) is 6.54 Å². The second-order valence-corrected chi connectivity index (χ2v) is 9.74. The molecule has 0 aliphatic heterocycles. The molecule has 170 valence electrons. The van der Waals surface area contributed by atoms with E-state index in [1.54, 1.807) is 0 Å². The molecule has 0 atom stereocenters. The molecule has 2 aromatic heterocycles. The van der Waals surface area contributed by atoms with E-state index in [0.717, 1.165) is 55.3 Å². The van der Waals surface area contributed by atoms with Crippen molar-refractivity contribution in [3.63, 3.8) is 0 Å². The van der Waals surface area contributed by atoms with Crippen LogP contribution in [0.5, 0.6) is 0 Å². The number of aromatic carboxylic acids is 1. The Morgan fingerprint density at radius 1 is 1.26 bits per heavy atom. The predicted molar refractivity (Wildman–Crippen MR) is 106 cm³/mol. The molecule has 1 saturated carbocycles. The predicted octanol–water partition coefficient (Wildman–Crippen LogP) is 3.40. The Morgan fingerprint density at radius 2 is 1.90 bits per heavy atom. The number of carboxylic acid groups (broad SMARTS) is 1. The van der Waals surface area contributed by atoms with Gasteiger partial charge in [0.15, 0.2) is 20.6 Å². The van der Waals surface area contributed by atoms with Crippen molar-refractivity contribution in [2.24, 2.45) is 5.92 Å². The lowest BCUT2D eigenvalue weighted by Crippen LogP contribution is -2.30. The van der Waals surface area contributed by atoms with Gasteiger partial charge in [-0.05, 0) is 30.9 Å². The van der Waals surface area contributed by atoms with Crippen molar-refractivity contribution in [3.05, 3.63) is 29.6 Å². The first-order valence-electron chi connectivity index (χ1n) is 9.70. The zero-order valence-electron chi connectivity index (χ0n) is 17.1. The quantitative estimate of drug-likeness (QED) is 0.704. The van der Waals surface area contributed by atoms with Gasteiger partial charge in [-0.3, -0.25) is 0 Å². The Balaban J connectivity index is 2.13. The molecule has 0 bridgehead atoms. The standard InChI is InChI=1S/C19H23F3N4O4S/c1-25(11-12-6-4-3-5-7-12)17-15(18(27)28)16(19(20,21)22)24-26(17)13-8-9-14(23-10-13)31(2,29)30/h8-10,12H,3-7,11H2,1-2H3,(H,27,28). The molecule has 1 fully saturated rings. The van der Waals surface area contributed by atoms with Crippen LogP contribution in [0, 0.1) is 5.92 Å². The number of alkyl halides is 3. The zero-order chi connectivity index (χ0) is 23.0. The van der Waals surface area contributed by atoms with Crippen LogP contribution in [0.1, 0.15) is 48.2 Å². The molecule has 12 heteroatoms. The molecular formula is C19H23F3N4O4S. The molecule has 0 aromatic carbocycles. The number of aromatic nitrogens is 3. The minimum absolute atomic E-state index is 0.0240. The summed E-state index contributed by atoms with van der Waals surface area (Å²) in [5.41, 5.74) is -2.44. The highest BCUT2D eigenvalue weighted by Gasteiger charge is 2.43. The normalized spacial score (nSPS) is 15.8. The molecule has 1 aliphatic carbocycles. The van der Waals surface area contributed by atoms with Gasteiger partial charge in [0.05, 0.1) is 11.9 Å². The van der Waals surface area contributed by atoms with Crippen molar-refractivity contribution in [2.75, 3.05) is 24.7 Å².